The molecule has 1 rings (SSSR count). The molecule has 0 N–H and O–H groups in total. The second-order valence-corrected chi connectivity index (χ2v) is 6.41. The van der Waals surface area contributed by atoms with Crippen molar-refractivity contribution in [2.45, 2.75) is 23.6 Å². The molecule has 1 unspecified atom stereocenters. The van der Waals surface area contributed by atoms with E-state index in [2.05, 4.69) is 9.97 Å². The van der Waals surface area contributed by atoms with Gasteiger partial charge in [0, 0.05) is 5.88 Å². The molecule has 1 aromatic rings. The zero-order valence-electron chi connectivity index (χ0n) is 9.35. The van der Waals surface area contributed by atoms with Crippen LogP contribution in [0.5, 0.6) is 6.01 Å². The van der Waals surface area contributed by atoms with E-state index >= 15 is 0 Å². The van der Waals surface area contributed by atoms with Crippen molar-refractivity contribution in [2.75, 3.05) is 13.0 Å². The van der Waals surface area contributed by atoms with Crippen LogP contribution in [-0.2, 0) is 9.84 Å². The first-order chi connectivity index (χ1) is 7.93. The lowest BCUT2D eigenvalue weighted by atomic mass is 10.4. The van der Waals surface area contributed by atoms with Crippen LogP contribution in [0.4, 0.5) is 0 Å². The molecular weight excluding hydrogens is 287 g/mol. The molecular formula is C9H12Cl2N2O3S. The minimum Gasteiger partial charge on any atom is -0.467 e. The predicted octanol–water partition coefficient (Wildman–Crippen LogP) is 1.93. The molecule has 8 heteroatoms. The lowest BCUT2D eigenvalue weighted by Crippen LogP contribution is -2.20. The van der Waals surface area contributed by atoms with Gasteiger partial charge < -0.3 is 4.74 Å². The van der Waals surface area contributed by atoms with E-state index in [4.69, 9.17) is 27.9 Å². The smallest absolute Gasteiger partial charge is 0.317 e. The number of nitrogens with zero attached hydrogens (tertiary/aromatic N) is 2. The number of rotatable bonds is 5. The Morgan fingerprint density at radius 3 is 2.71 bits per heavy atom. The lowest BCUT2D eigenvalue weighted by Gasteiger charge is -2.12. The van der Waals surface area contributed by atoms with Crippen molar-refractivity contribution < 1.29 is 13.2 Å². The summed E-state index contributed by atoms with van der Waals surface area (Å²) in [5, 5.41) is -0.895. The molecule has 96 valence electrons. The summed E-state index contributed by atoms with van der Waals surface area (Å²) in [6, 6.07) is -0.0361. The first-order valence-electron chi connectivity index (χ1n) is 4.80. The highest BCUT2D eigenvalue weighted by Gasteiger charge is 2.27. The fourth-order valence-electron chi connectivity index (χ4n) is 1.13. The van der Waals surface area contributed by atoms with Crippen molar-refractivity contribution in [1.29, 1.82) is 0 Å². The number of aromatic nitrogens is 2. The van der Waals surface area contributed by atoms with Crippen molar-refractivity contribution in [3.8, 4) is 6.01 Å². The van der Waals surface area contributed by atoms with Crippen molar-refractivity contribution in [2.24, 2.45) is 0 Å². The molecule has 1 aromatic heterocycles. The number of methoxy groups -OCH3 is 1. The molecule has 0 radical (unpaired) electrons. The van der Waals surface area contributed by atoms with Gasteiger partial charge in [-0.05, 0) is 13.3 Å². The van der Waals surface area contributed by atoms with Gasteiger partial charge in [-0.3, -0.25) is 0 Å². The summed E-state index contributed by atoms with van der Waals surface area (Å²) in [5.41, 5.74) is 0. The third-order valence-corrected chi connectivity index (χ3v) is 4.94. The topological polar surface area (TPSA) is 69.2 Å². The van der Waals surface area contributed by atoms with Gasteiger partial charge in [-0.15, -0.1) is 11.6 Å². The van der Waals surface area contributed by atoms with Gasteiger partial charge in [0.15, 0.2) is 14.9 Å². The molecule has 1 atom stereocenters. The molecule has 17 heavy (non-hydrogen) atoms. The molecule has 0 spiro atoms. The van der Waals surface area contributed by atoms with E-state index in [0.29, 0.717) is 6.42 Å². The fraction of sp³-hybridized carbons (Fsp3) is 0.556. The second-order valence-electron chi connectivity index (χ2n) is 3.34. The highest BCUT2D eigenvalue weighted by atomic mass is 35.5. The van der Waals surface area contributed by atoms with Gasteiger partial charge >= 0.3 is 6.01 Å². The SMILES string of the molecule is COc1ncc(Cl)c(S(=O)(=O)C(C)CCCl)n1. The van der Waals surface area contributed by atoms with Crippen LogP contribution < -0.4 is 4.74 Å². The first-order valence-corrected chi connectivity index (χ1v) is 7.25. The monoisotopic (exact) mass is 298 g/mol. The van der Waals surface area contributed by atoms with E-state index in [1.54, 1.807) is 6.92 Å². The number of ether oxygens (including phenoxy) is 1. The molecule has 0 fully saturated rings. The Hall–Kier alpha value is -0.590. The van der Waals surface area contributed by atoms with E-state index in [-0.39, 0.29) is 21.9 Å². The highest BCUT2D eigenvalue weighted by Crippen LogP contribution is 2.25. The predicted molar refractivity (Wildman–Crippen MR) is 65.6 cm³/mol. The summed E-state index contributed by atoms with van der Waals surface area (Å²) in [6.07, 6.45) is 1.53. The molecule has 5 nitrogen and oxygen atoms in total. The summed E-state index contributed by atoms with van der Waals surface area (Å²) in [7, 11) is -2.26. The van der Waals surface area contributed by atoms with Gasteiger partial charge in [-0.2, -0.15) is 4.98 Å². The van der Waals surface area contributed by atoms with E-state index in [1.807, 2.05) is 0 Å². The molecule has 0 bridgehead atoms. The average Bonchev–Trinajstić information content (AvgIpc) is 2.29. The molecule has 0 saturated carbocycles. The van der Waals surface area contributed by atoms with Gasteiger partial charge in [0.25, 0.3) is 0 Å². The third kappa shape index (κ3) is 3.20. The second kappa shape index (κ2) is 5.84. The van der Waals surface area contributed by atoms with E-state index in [0.717, 1.165) is 0 Å². The Labute approximate surface area is 110 Å². The summed E-state index contributed by atoms with van der Waals surface area (Å²) in [5.74, 6) is 0.250. The quantitative estimate of drug-likeness (QED) is 0.614. The maximum absolute atomic E-state index is 12.1. The van der Waals surface area contributed by atoms with E-state index in [1.165, 1.54) is 13.3 Å². The van der Waals surface area contributed by atoms with Crippen LogP contribution in [0.25, 0.3) is 0 Å². The molecule has 0 amide bonds. The number of sulfone groups is 1. The van der Waals surface area contributed by atoms with Crippen LogP contribution in [0.1, 0.15) is 13.3 Å². The average molecular weight is 299 g/mol. The van der Waals surface area contributed by atoms with Crippen LogP contribution in [0.15, 0.2) is 11.2 Å². The maximum Gasteiger partial charge on any atom is 0.317 e. The Kier molecular flexibility index (Phi) is 4.97. The summed E-state index contributed by atoms with van der Waals surface area (Å²) >= 11 is 11.3. The molecule has 0 aliphatic heterocycles. The zero-order valence-corrected chi connectivity index (χ0v) is 11.7. The molecule has 0 saturated heterocycles. The van der Waals surface area contributed by atoms with Crippen molar-refractivity contribution >= 4 is 33.0 Å². The van der Waals surface area contributed by atoms with Gasteiger partial charge in [-0.1, -0.05) is 11.6 Å². The largest absolute Gasteiger partial charge is 0.467 e. The molecule has 0 aliphatic rings. The van der Waals surface area contributed by atoms with Crippen molar-refractivity contribution in [1.82, 2.24) is 9.97 Å². The van der Waals surface area contributed by atoms with Crippen LogP contribution >= 0.6 is 23.2 Å². The third-order valence-electron chi connectivity index (χ3n) is 2.19. The Morgan fingerprint density at radius 1 is 1.53 bits per heavy atom. The number of alkyl halides is 1. The van der Waals surface area contributed by atoms with E-state index < -0.39 is 15.1 Å². The van der Waals surface area contributed by atoms with E-state index in [9.17, 15) is 8.42 Å². The normalized spacial score (nSPS) is 13.4. The molecule has 0 aromatic carbocycles. The Morgan fingerprint density at radius 2 is 2.18 bits per heavy atom. The number of hydrogen-bond donors (Lipinski definition) is 0. The number of hydrogen-bond acceptors (Lipinski definition) is 5. The number of halogens is 2. The molecule has 0 aliphatic carbocycles. The van der Waals surface area contributed by atoms with Gasteiger partial charge in [-0.25, -0.2) is 13.4 Å². The minimum atomic E-state index is -3.61. The standard InChI is InChI=1S/C9H12Cl2N2O3S/c1-6(3-4-10)17(14,15)8-7(11)5-12-9(13-8)16-2/h5-6H,3-4H2,1-2H3. The highest BCUT2D eigenvalue weighted by molar-refractivity contribution is 7.92. The fourth-order valence-corrected chi connectivity index (χ4v) is 3.34. The van der Waals surface area contributed by atoms with Gasteiger partial charge in [0.2, 0.25) is 0 Å². The Bertz CT molecular complexity index is 493. The van der Waals surface area contributed by atoms with Gasteiger partial charge in [0.1, 0.15) is 0 Å². The lowest BCUT2D eigenvalue weighted by molar-refractivity contribution is 0.375. The van der Waals surface area contributed by atoms with Crippen LogP contribution in [0.3, 0.4) is 0 Å². The summed E-state index contributed by atoms with van der Waals surface area (Å²) in [4.78, 5) is 7.49. The van der Waals surface area contributed by atoms with Crippen LogP contribution in [0.2, 0.25) is 5.02 Å². The zero-order chi connectivity index (χ0) is 13.1. The maximum atomic E-state index is 12.1. The Balaban J connectivity index is 3.22. The van der Waals surface area contributed by atoms with Crippen molar-refractivity contribution in [3.05, 3.63) is 11.2 Å². The first kappa shape index (κ1) is 14.5. The summed E-state index contributed by atoms with van der Waals surface area (Å²) < 4.78 is 29.0. The van der Waals surface area contributed by atoms with Gasteiger partial charge in [0.05, 0.1) is 23.6 Å². The summed E-state index contributed by atoms with van der Waals surface area (Å²) in [6.45, 7) is 1.56. The molecule has 1 heterocycles. The van der Waals surface area contributed by atoms with Crippen LogP contribution in [-0.4, -0.2) is 36.6 Å². The van der Waals surface area contributed by atoms with Crippen molar-refractivity contribution in [3.63, 3.8) is 0 Å². The van der Waals surface area contributed by atoms with Crippen LogP contribution in [0, 0.1) is 0 Å². The minimum absolute atomic E-state index is 0.0211.